The minimum Gasteiger partial charge on any atom is -0.384 e. The van der Waals surface area contributed by atoms with E-state index in [4.69, 9.17) is 11.5 Å². The molecule has 2 aliphatic carbocycles. The maximum absolute atomic E-state index is 12.8. The highest BCUT2D eigenvalue weighted by Crippen LogP contribution is 2.49. The zero-order valence-electron chi connectivity index (χ0n) is 16.7. The number of nitrogens with one attached hydrogen (secondary N) is 1. The predicted octanol–water partition coefficient (Wildman–Crippen LogP) is 3.12. The van der Waals surface area contributed by atoms with Crippen LogP contribution >= 0.6 is 0 Å². The first-order chi connectivity index (χ1) is 13.5. The Labute approximate surface area is 167 Å². The molecule has 153 valence electrons. The van der Waals surface area contributed by atoms with Gasteiger partial charge in [-0.25, -0.2) is 4.98 Å². The van der Waals surface area contributed by atoms with E-state index in [9.17, 15) is 9.59 Å². The first kappa shape index (κ1) is 20.6. The Balaban J connectivity index is 1.71. The molecule has 28 heavy (non-hydrogen) atoms. The second-order valence-electron chi connectivity index (χ2n) is 8.48. The topological polar surface area (TPSA) is 111 Å². The number of nitrogen functional groups attached to an aromatic ring is 1. The van der Waals surface area contributed by atoms with Gasteiger partial charge < -0.3 is 16.8 Å². The van der Waals surface area contributed by atoms with Gasteiger partial charge in [-0.3, -0.25) is 9.59 Å². The second-order valence-corrected chi connectivity index (χ2v) is 8.48. The van der Waals surface area contributed by atoms with Gasteiger partial charge in [-0.1, -0.05) is 57.4 Å². The lowest BCUT2D eigenvalue weighted by Crippen LogP contribution is -2.49. The number of carbonyl (C=O) groups excluding carboxylic acids is 2. The second kappa shape index (κ2) is 9.39. The molecule has 3 rings (SSSR count). The molecule has 0 bridgehead atoms. The summed E-state index contributed by atoms with van der Waals surface area (Å²) in [7, 11) is 0. The van der Waals surface area contributed by atoms with Gasteiger partial charge in [0.15, 0.2) is 0 Å². The Morgan fingerprint density at radius 3 is 2.43 bits per heavy atom. The van der Waals surface area contributed by atoms with Crippen molar-refractivity contribution in [2.24, 2.45) is 23.0 Å². The number of carbonyl (C=O) groups is 2. The molecule has 1 aromatic heterocycles. The van der Waals surface area contributed by atoms with E-state index in [1.54, 1.807) is 18.7 Å². The average molecular weight is 386 g/mol. The zero-order valence-corrected chi connectivity index (χ0v) is 16.7. The van der Waals surface area contributed by atoms with Gasteiger partial charge >= 0.3 is 0 Å². The fourth-order valence-corrected chi connectivity index (χ4v) is 5.12. The first-order valence-corrected chi connectivity index (χ1v) is 10.6. The van der Waals surface area contributed by atoms with Crippen LogP contribution in [0.2, 0.25) is 0 Å². The average Bonchev–Trinajstić information content (AvgIpc) is 2.72. The Bertz CT molecular complexity index is 662. The van der Waals surface area contributed by atoms with Crippen molar-refractivity contribution in [1.29, 1.82) is 0 Å². The molecule has 6 heteroatoms. The quantitative estimate of drug-likeness (QED) is 0.669. The molecule has 1 heterocycles. The molecule has 1 aromatic rings. The number of hydrogen-bond donors (Lipinski definition) is 3. The third-order valence-corrected chi connectivity index (χ3v) is 6.68. The molecule has 0 spiro atoms. The molecule has 0 saturated heterocycles. The highest BCUT2D eigenvalue weighted by atomic mass is 16.2. The minimum atomic E-state index is -0.569. The monoisotopic (exact) mass is 385 g/mol. The molecule has 2 aliphatic rings. The third-order valence-electron chi connectivity index (χ3n) is 6.68. The van der Waals surface area contributed by atoms with Crippen LogP contribution in [0.5, 0.6) is 0 Å². The summed E-state index contributed by atoms with van der Waals surface area (Å²) in [6.45, 7) is 0.392. The minimum absolute atomic E-state index is 0.0739. The Morgan fingerprint density at radius 2 is 1.82 bits per heavy atom. The summed E-state index contributed by atoms with van der Waals surface area (Å²) in [5.41, 5.74) is 11.9. The first-order valence-electron chi connectivity index (χ1n) is 10.6. The fourth-order valence-electron chi connectivity index (χ4n) is 5.12. The van der Waals surface area contributed by atoms with Gasteiger partial charge in [0.25, 0.3) is 0 Å². The number of primary amides is 1. The van der Waals surface area contributed by atoms with E-state index < -0.39 is 5.41 Å². The highest BCUT2D eigenvalue weighted by molar-refractivity contribution is 5.88. The van der Waals surface area contributed by atoms with Crippen LogP contribution in [-0.2, 0) is 16.1 Å². The van der Waals surface area contributed by atoms with Crippen molar-refractivity contribution in [3.63, 3.8) is 0 Å². The smallest absolute Gasteiger partial charge is 0.224 e. The highest BCUT2D eigenvalue weighted by Gasteiger charge is 2.48. The molecule has 2 amide bonds. The summed E-state index contributed by atoms with van der Waals surface area (Å²) in [5, 5.41) is 2.96. The van der Waals surface area contributed by atoms with Crippen molar-refractivity contribution in [2.75, 3.05) is 5.73 Å². The maximum atomic E-state index is 12.8. The lowest BCUT2D eigenvalue weighted by Gasteiger charge is -2.45. The van der Waals surface area contributed by atoms with Crippen LogP contribution < -0.4 is 16.8 Å². The van der Waals surface area contributed by atoms with Gasteiger partial charge in [0.2, 0.25) is 11.8 Å². The van der Waals surface area contributed by atoms with E-state index in [1.807, 2.05) is 6.07 Å². The molecule has 6 nitrogen and oxygen atoms in total. The number of aromatic nitrogens is 1. The summed E-state index contributed by atoms with van der Waals surface area (Å²) >= 11 is 0. The summed E-state index contributed by atoms with van der Waals surface area (Å²) < 4.78 is 0. The van der Waals surface area contributed by atoms with E-state index in [2.05, 4.69) is 10.3 Å². The van der Waals surface area contributed by atoms with Crippen LogP contribution in [-0.4, -0.2) is 16.8 Å². The predicted molar refractivity (Wildman–Crippen MR) is 110 cm³/mol. The van der Waals surface area contributed by atoms with Crippen LogP contribution in [0.25, 0.3) is 0 Å². The molecule has 2 fully saturated rings. The molecular formula is C22H33N4O2. The van der Waals surface area contributed by atoms with Gasteiger partial charge in [-0.05, 0) is 36.3 Å². The standard InChI is InChI=1S/C22H33N4O2/c23-19-10-9-16(14-25-19)15-26-20(27)13-18(17-7-3-1-4-8-17)22(21(24)28)11-5-2-6-12-22/h9-10,13-14,17-18H,1-8,11-12,15H2,(H2,23,25)(H2,24,28)(H,26,27)/t18-/m1/s1. The molecule has 0 aliphatic heterocycles. The number of nitrogens with two attached hydrogens (primary N) is 2. The number of anilines is 1. The largest absolute Gasteiger partial charge is 0.384 e. The summed E-state index contributed by atoms with van der Waals surface area (Å²) in [5.74, 6) is 0.395. The summed E-state index contributed by atoms with van der Waals surface area (Å²) in [4.78, 5) is 29.4. The van der Waals surface area contributed by atoms with Crippen LogP contribution in [0.15, 0.2) is 18.3 Å². The van der Waals surface area contributed by atoms with Gasteiger partial charge in [-0.15, -0.1) is 0 Å². The van der Waals surface area contributed by atoms with E-state index in [1.165, 1.54) is 19.3 Å². The van der Waals surface area contributed by atoms with Crippen molar-refractivity contribution in [1.82, 2.24) is 10.3 Å². The van der Waals surface area contributed by atoms with Crippen molar-refractivity contribution in [3.8, 4) is 0 Å². The lowest BCUT2D eigenvalue weighted by atomic mass is 9.58. The number of hydrogen-bond acceptors (Lipinski definition) is 4. The lowest BCUT2D eigenvalue weighted by molar-refractivity contribution is -0.135. The van der Waals surface area contributed by atoms with Gasteiger partial charge in [-0.2, -0.15) is 0 Å². The third kappa shape index (κ3) is 4.83. The molecule has 0 unspecified atom stereocenters. The number of rotatable bonds is 7. The van der Waals surface area contributed by atoms with Crippen LogP contribution in [0.4, 0.5) is 5.82 Å². The molecule has 1 radical (unpaired) electrons. The van der Waals surface area contributed by atoms with E-state index in [-0.39, 0.29) is 17.7 Å². The Kier molecular flexibility index (Phi) is 6.92. The van der Waals surface area contributed by atoms with E-state index in [0.29, 0.717) is 18.3 Å². The normalized spacial score (nSPS) is 21.0. The van der Waals surface area contributed by atoms with Gasteiger partial charge in [0.1, 0.15) is 5.82 Å². The zero-order chi connectivity index (χ0) is 20.0. The van der Waals surface area contributed by atoms with Crippen molar-refractivity contribution in [2.45, 2.75) is 70.8 Å². The fraction of sp³-hybridized carbons (Fsp3) is 0.636. The van der Waals surface area contributed by atoms with E-state index in [0.717, 1.165) is 50.5 Å². The Hall–Kier alpha value is -2.11. The van der Waals surface area contributed by atoms with Crippen LogP contribution in [0, 0.1) is 23.7 Å². The van der Waals surface area contributed by atoms with Crippen molar-refractivity contribution >= 4 is 17.6 Å². The summed E-state index contributed by atoms with van der Waals surface area (Å²) in [6.07, 6.45) is 13.9. The molecule has 0 aromatic carbocycles. The van der Waals surface area contributed by atoms with Gasteiger partial charge in [0.05, 0.1) is 11.8 Å². The number of pyridine rings is 1. The van der Waals surface area contributed by atoms with Gasteiger partial charge in [0, 0.05) is 12.7 Å². The SMILES string of the molecule is NC(=O)C1([C@H]([CH]C(=O)NCc2ccc(N)nc2)C2CCCCC2)CCCCC1. The van der Waals surface area contributed by atoms with E-state index >= 15 is 0 Å². The molecule has 5 N–H and O–H groups in total. The Morgan fingerprint density at radius 1 is 1.14 bits per heavy atom. The maximum Gasteiger partial charge on any atom is 0.224 e. The molecular weight excluding hydrogens is 352 g/mol. The number of nitrogens with zero attached hydrogens (tertiary/aromatic N) is 1. The number of amides is 2. The molecule has 2 saturated carbocycles. The van der Waals surface area contributed by atoms with Crippen LogP contribution in [0.1, 0.15) is 69.8 Å². The van der Waals surface area contributed by atoms with Crippen molar-refractivity contribution < 1.29 is 9.59 Å². The van der Waals surface area contributed by atoms with Crippen LogP contribution in [0.3, 0.4) is 0 Å². The summed E-state index contributed by atoms with van der Waals surface area (Å²) in [6, 6.07) is 3.58. The molecule has 1 atom stereocenters. The van der Waals surface area contributed by atoms with Crippen molar-refractivity contribution in [3.05, 3.63) is 30.3 Å².